The number of carbonyl (C=O) groups excluding carboxylic acids is 1. The second kappa shape index (κ2) is 3.97. The monoisotopic (exact) mass is 251 g/mol. The summed E-state index contributed by atoms with van der Waals surface area (Å²) >= 11 is 0. The van der Waals surface area contributed by atoms with Gasteiger partial charge in [0.25, 0.3) is 0 Å². The highest BCUT2D eigenvalue weighted by atomic mass is 16.7. The van der Waals surface area contributed by atoms with Crippen LogP contribution in [0.5, 0.6) is 17.2 Å². The molecule has 6 nitrogen and oxygen atoms in total. The van der Waals surface area contributed by atoms with Crippen LogP contribution in [0.25, 0.3) is 0 Å². The maximum Gasteiger partial charge on any atom is 0.340 e. The molecule has 1 N–H and O–H groups in total. The molecule has 2 heterocycles. The summed E-state index contributed by atoms with van der Waals surface area (Å²) in [7, 11) is 1.34. The second-order valence-corrected chi connectivity index (χ2v) is 4.21. The molecule has 96 valence electrons. The molecule has 18 heavy (non-hydrogen) atoms. The fourth-order valence-corrected chi connectivity index (χ4v) is 2.06. The largest absolute Gasteiger partial charge is 0.485 e. The first-order valence-electron chi connectivity index (χ1n) is 5.65. The van der Waals surface area contributed by atoms with Gasteiger partial charge in [-0.05, 0) is 6.92 Å². The predicted molar refractivity (Wildman–Crippen MR) is 62.5 cm³/mol. The fraction of sp³-hybridized carbons (Fsp3) is 0.417. The number of hydrogen-bond acceptors (Lipinski definition) is 6. The molecule has 0 bridgehead atoms. The van der Waals surface area contributed by atoms with Crippen molar-refractivity contribution in [2.24, 2.45) is 0 Å². The SMILES string of the molecule is COC(=O)c1cc2c(c3c1NC(C)CO3)OCO2. The van der Waals surface area contributed by atoms with E-state index in [-0.39, 0.29) is 12.8 Å². The van der Waals surface area contributed by atoms with Crippen molar-refractivity contribution < 1.29 is 23.7 Å². The third-order valence-corrected chi connectivity index (χ3v) is 2.89. The van der Waals surface area contributed by atoms with Crippen LogP contribution in [0, 0.1) is 0 Å². The van der Waals surface area contributed by atoms with Gasteiger partial charge in [0.1, 0.15) is 6.61 Å². The molecule has 0 saturated carbocycles. The second-order valence-electron chi connectivity index (χ2n) is 4.21. The number of rotatable bonds is 1. The lowest BCUT2D eigenvalue weighted by Gasteiger charge is -2.27. The quantitative estimate of drug-likeness (QED) is 0.761. The number of methoxy groups -OCH3 is 1. The number of benzene rings is 1. The zero-order chi connectivity index (χ0) is 12.7. The molecule has 1 unspecified atom stereocenters. The minimum absolute atomic E-state index is 0.112. The van der Waals surface area contributed by atoms with Gasteiger partial charge in [-0.25, -0.2) is 4.79 Å². The lowest BCUT2D eigenvalue weighted by atomic mass is 10.1. The van der Waals surface area contributed by atoms with Crippen molar-refractivity contribution in [3.63, 3.8) is 0 Å². The summed E-state index contributed by atoms with van der Waals surface area (Å²) in [5.74, 6) is 1.13. The molecule has 0 spiro atoms. The van der Waals surface area contributed by atoms with E-state index in [4.69, 9.17) is 18.9 Å². The van der Waals surface area contributed by atoms with Crippen molar-refractivity contribution in [2.75, 3.05) is 25.8 Å². The van der Waals surface area contributed by atoms with E-state index in [1.165, 1.54) is 7.11 Å². The number of anilines is 1. The van der Waals surface area contributed by atoms with Gasteiger partial charge in [-0.3, -0.25) is 0 Å². The summed E-state index contributed by atoms with van der Waals surface area (Å²) in [5.41, 5.74) is 0.994. The van der Waals surface area contributed by atoms with E-state index in [1.54, 1.807) is 6.07 Å². The van der Waals surface area contributed by atoms with Gasteiger partial charge in [0.05, 0.1) is 24.4 Å². The lowest BCUT2D eigenvalue weighted by molar-refractivity contribution is 0.0600. The van der Waals surface area contributed by atoms with Gasteiger partial charge in [-0.1, -0.05) is 0 Å². The van der Waals surface area contributed by atoms with Crippen LogP contribution in [-0.4, -0.2) is 32.5 Å². The summed E-state index contributed by atoms with van der Waals surface area (Å²) in [4.78, 5) is 11.8. The number of fused-ring (bicyclic) bond motifs is 3. The molecule has 3 rings (SSSR count). The Balaban J connectivity index is 2.17. The summed E-state index contributed by atoms with van der Waals surface area (Å²) in [5, 5.41) is 3.21. The van der Waals surface area contributed by atoms with Crippen LogP contribution in [0.15, 0.2) is 6.07 Å². The maximum atomic E-state index is 11.8. The molecule has 2 aliphatic heterocycles. The average molecular weight is 251 g/mol. The van der Waals surface area contributed by atoms with E-state index < -0.39 is 5.97 Å². The zero-order valence-corrected chi connectivity index (χ0v) is 10.1. The van der Waals surface area contributed by atoms with Crippen molar-refractivity contribution in [1.82, 2.24) is 0 Å². The van der Waals surface area contributed by atoms with E-state index in [0.29, 0.717) is 35.1 Å². The van der Waals surface area contributed by atoms with Crippen LogP contribution in [0.1, 0.15) is 17.3 Å². The minimum atomic E-state index is -0.435. The number of nitrogens with one attached hydrogen (secondary N) is 1. The summed E-state index contributed by atoms with van der Waals surface area (Å²) in [6.07, 6.45) is 0. The van der Waals surface area contributed by atoms with Gasteiger partial charge in [0, 0.05) is 6.07 Å². The van der Waals surface area contributed by atoms with E-state index in [2.05, 4.69) is 5.32 Å². The minimum Gasteiger partial charge on any atom is -0.485 e. The summed E-state index contributed by atoms with van der Waals surface area (Å²) in [6.45, 7) is 2.60. The Labute approximate surface area is 104 Å². The van der Waals surface area contributed by atoms with Crippen LogP contribution in [-0.2, 0) is 4.74 Å². The molecule has 0 aliphatic carbocycles. The maximum absolute atomic E-state index is 11.8. The molecule has 1 atom stereocenters. The molecule has 6 heteroatoms. The number of hydrogen-bond donors (Lipinski definition) is 1. The molecule has 0 aromatic heterocycles. The molecule has 1 aromatic rings. The highest BCUT2D eigenvalue weighted by Crippen LogP contribution is 2.49. The van der Waals surface area contributed by atoms with Gasteiger partial charge in [0.2, 0.25) is 12.5 Å². The topological polar surface area (TPSA) is 66.0 Å². The highest BCUT2D eigenvalue weighted by molar-refractivity contribution is 5.99. The number of ether oxygens (including phenoxy) is 4. The Morgan fingerprint density at radius 1 is 1.39 bits per heavy atom. The van der Waals surface area contributed by atoms with Gasteiger partial charge < -0.3 is 24.3 Å². The van der Waals surface area contributed by atoms with Crippen molar-refractivity contribution in [3.05, 3.63) is 11.6 Å². The first-order valence-corrected chi connectivity index (χ1v) is 5.65. The molecule has 0 radical (unpaired) electrons. The standard InChI is InChI=1S/C12H13NO5/c1-6-4-16-11-9(13-6)7(12(14)15-2)3-8-10(11)18-5-17-8/h3,6,13H,4-5H2,1-2H3. The highest BCUT2D eigenvalue weighted by Gasteiger charge is 2.31. The van der Waals surface area contributed by atoms with Gasteiger partial charge >= 0.3 is 5.97 Å². The zero-order valence-electron chi connectivity index (χ0n) is 10.1. The van der Waals surface area contributed by atoms with Gasteiger partial charge in [-0.15, -0.1) is 0 Å². The molecule has 2 aliphatic rings. The van der Waals surface area contributed by atoms with E-state index in [1.807, 2.05) is 6.92 Å². The lowest BCUT2D eigenvalue weighted by Crippen LogP contribution is -2.29. The van der Waals surface area contributed by atoms with Crippen LogP contribution in [0.4, 0.5) is 5.69 Å². The van der Waals surface area contributed by atoms with E-state index >= 15 is 0 Å². The molecule has 0 saturated heterocycles. The number of esters is 1. The fourth-order valence-electron chi connectivity index (χ4n) is 2.06. The van der Waals surface area contributed by atoms with Crippen LogP contribution in [0.3, 0.4) is 0 Å². The van der Waals surface area contributed by atoms with E-state index in [0.717, 1.165) is 0 Å². The van der Waals surface area contributed by atoms with Crippen LogP contribution >= 0.6 is 0 Å². The normalized spacial score (nSPS) is 19.6. The third kappa shape index (κ3) is 1.53. The number of carbonyl (C=O) groups is 1. The Morgan fingerprint density at radius 3 is 3.00 bits per heavy atom. The Morgan fingerprint density at radius 2 is 2.22 bits per heavy atom. The smallest absolute Gasteiger partial charge is 0.340 e. The summed E-state index contributed by atoms with van der Waals surface area (Å²) < 4.78 is 21.1. The van der Waals surface area contributed by atoms with Crippen molar-refractivity contribution in [3.8, 4) is 17.2 Å². The first-order chi connectivity index (χ1) is 8.70. The average Bonchev–Trinajstić information content (AvgIpc) is 2.84. The Kier molecular flexibility index (Phi) is 2.43. The Bertz CT molecular complexity index is 514. The van der Waals surface area contributed by atoms with Crippen molar-refractivity contribution in [2.45, 2.75) is 13.0 Å². The van der Waals surface area contributed by atoms with Crippen molar-refractivity contribution >= 4 is 11.7 Å². The Hall–Kier alpha value is -2.11. The third-order valence-electron chi connectivity index (χ3n) is 2.89. The van der Waals surface area contributed by atoms with Crippen LogP contribution in [0.2, 0.25) is 0 Å². The first kappa shape index (κ1) is 11.0. The van der Waals surface area contributed by atoms with Gasteiger partial charge in [0.15, 0.2) is 11.5 Å². The molecule has 1 aromatic carbocycles. The molecule has 0 amide bonds. The molecule has 0 fully saturated rings. The van der Waals surface area contributed by atoms with Crippen molar-refractivity contribution in [1.29, 1.82) is 0 Å². The van der Waals surface area contributed by atoms with Gasteiger partial charge in [-0.2, -0.15) is 0 Å². The molecular formula is C12H13NO5. The molecular weight excluding hydrogens is 238 g/mol. The predicted octanol–water partition coefficient (Wildman–Crippen LogP) is 1.39. The van der Waals surface area contributed by atoms with E-state index in [9.17, 15) is 4.79 Å². The van der Waals surface area contributed by atoms with Crippen LogP contribution < -0.4 is 19.5 Å². The summed E-state index contributed by atoms with van der Waals surface area (Å²) in [6, 6.07) is 1.72.